The van der Waals surface area contributed by atoms with Crippen LogP contribution < -0.4 is 20.9 Å². The number of aromatic nitrogens is 4. The lowest BCUT2D eigenvalue weighted by molar-refractivity contribution is 0.415. The lowest BCUT2D eigenvalue weighted by atomic mass is 9.94. The van der Waals surface area contributed by atoms with Crippen molar-refractivity contribution in [3.8, 4) is 22.7 Å². The van der Waals surface area contributed by atoms with Gasteiger partial charge in [-0.2, -0.15) is 5.10 Å². The molecule has 0 bridgehead atoms. The fraction of sp³-hybridized carbons (Fsp3) is 0.133. The zero-order valence-corrected chi connectivity index (χ0v) is 21.7. The first kappa shape index (κ1) is 24.2. The topological polar surface area (TPSA) is 86.6 Å². The highest BCUT2D eigenvalue weighted by Gasteiger charge is 2.36. The molecule has 39 heavy (non-hydrogen) atoms. The summed E-state index contributed by atoms with van der Waals surface area (Å²) in [4.78, 5) is 33.1. The summed E-state index contributed by atoms with van der Waals surface area (Å²) in [6.45, 7) is 0. The SMILES string of the molecule is COc1ccc(N2C=Nc3c(c(=O)n(C)c(=O)n3C)C2c2cn(-c3ccccc3)nc2-c2ccccc2)cc1. The predicted molar refractivity (Wildman–Crippen MR) is 151 cm³/mol. The van der Waals surface area contributed by atoms with Gasteiger partial charge in [0.25, 0.3) is 5.56 Å². The predicted octanol–water partition coefficient (Wildman–Crippen LogP) is 4.21. The number of aliphatic imine (C=N–C) groups is 1. The Morgan fingerprint density at radius 3 is 2.13 bits per heavy atom. The molecule has 0 radical (unpaired) electrons. The second kappa shape index (κ2) is 9.60. The lowest BCUT2D eigenvalue weighted by Crippen LogP contribution is -2.44. The maximum absolute atomic E-state index is 13.8. The van der Waals surface area contributed by atoms with Crippen LogP contribution in [0.1, 0.15) is 17.2 Å². The van der Waals surface area contributed by atoms with Gasteiger partial charge in [0.2, 0.25) is 0 Å². The number of ether oxygens (including phenoxy) is 1. The van der Waals surface area contributed by atoms with E-state index in [0.29, 0.717) is 17.1 Å². The summed E-state index contributed by atoms with van der Waals surface area (Å²) in [6, 6.07) is 26.6. The Morgan fingerprint density at radius 1 is 0.795 bits per heavy atom. The van der Waals surface area contributed by atoms with Crippen molar-refractivity contribution in [2.24, 2.45) is 19.1 Å². The Morgan fingerprint density at radius 2 is 1.46 bits per heavy atom. The van der Waals surface area contributed by atoms with Crippen LogP contribution in [0.25, 0.3) is 16.9 Å². The second-order valence-corrected chi connectivity index (χ2v) is 9.27. The summed E-state index contributed by atoms with van der Waals surface area (Å²) in [5, 5.41) is 4.99. The maximum atomic E-state index is 13.8. The molecular weight excluding hydrogens is 492 g/mol. The van der Waals surface area contributed by atoms with Crippen molar-refractivity contribution >= 4 is 17.8 Å². The Labute approximate surface area is 224 Å². The molecule has 1 aliphatic rings. The molecule has 194 valence electrons. The van der Waals surface area contributed by atoms with E-state index in [9.17, 15) is 9.59 Å². The molecule has 0 spiro atoms. The van der Waals surface area contributed by atoms with Gasteiger partial charge in [-0.25, -0.2) is 14.5 Å². The van der Waals surface area contributed by atoms with E-state index in [1.54, 1.807) is 20.5 Å². The van der Waals surface area contributed by atoms with E-state index < -0.39 is 17.3 Å². The summed E-state index contributed by atoms with van der Waals surface area (Å²) in [5.41, 5.74) is 3.66. The molecule has 0 amide bonds. The molecule has 9 nitrogen and oxygen atoms in total. The van der Waals surface area contributed by atoms with E-state index >= 15 is 0 Å². The third-order valence-electron chi connectivity index (χ3n) is 7.00. The highest BCUT2D eigenvalue weighted by atomic mass is 16.5. The smallest absolute Gasteiger partial charge is 0.332 e. The molecule has 0 aliphatic carbocycles. The standard InChI is InChI=1S/C30H26N6O3/c1-33-28-25(29(37)34(2)30(33)38)27(35(19-31-28)21-14-16-23(39-3)17-15-21)24-18-36(22-12-8-5-9-13-22)32-26(24)20-10-6-4-7-11-20/h4-19,27H,1-3H3. The first-order valence-electron chi connectivity index (χ1n) is 12.4. The highest BCUT2D eigenvalue weighted by molar-refractivity contribution is 5.87. The fourth-order valence-corrected chi connectivity index (χ4v) is 4.97. The van der Waals surface area contributed by atoms with Gasteiger partial charge in [-0.1, -0.05) is 48.5 Å². The van der Waals surface area contributed by atoms with E-state index in [2.05, 4.69) is 4.99 Å². The average Bonchev–Trinajstić information content (AvgIpc) is 3.44. The average molecular weight is 519 g/mol. The summed E-state index contributed by atoms with van der Waals surface area (Å²) in [6.07, 6.45) is 3.62. The zero-order chi connectivity index (χ0) is 27.1. The number of nitrogens with zero attached hydrogens (tertiary/aromatic N) is 6. The third kappa shape index (κ3) is 4.04. The van der Waals surface area contributed by atoms with Crippen molar-refractivity contribution in [2.75, 3.05) is 12.0 Å². The molecule has 3 aromatic carbocycles. The zero-order valence-electron chi connectivity index (χ0n) is 21.7. The van der Waals surface area contributed by atoms with Crippen molar-refractivity contribution in [2.45, 2.75) is 6.04 Å². The molecule has 3 heterocycles. The minimum atomic E-state index is -0.621. The van der Waals surface area contributed by atoms with Gasteiger partial charge in [0.1, 0.15) is 11.6 Å². The van der Waals surface area contributed by atoms with Gasteiger partial charge in [-0.05, 0) is 36.4 Å². The van der Waals surface area contributed by atoms with Crippen LogP contribution in [0.4, 0.5) is 11.5 Å². The van der Waals surface area contributed by atoms with Crippen LogP contribution >= 0.6 is 0 Å². The number of fused-ring (bicyclic) bond motifs is 1. The minimum absolute atomic E-state index is 0.323. The van der Waals surface area contributed by atoms with Gasteiger partial charge >= 0.3 is 5.69 Å². The van der Waals surface area contributed by atoms with Crippen LogP contribution in [0.3, 0.4) is 0 Å². The van der Waals surface area contributed by atoms with Crippen molar-refractivity contribution in [3.05, 3.63) is 123 Å². The van der Waals surface area contributed by atoms with Crippen molar-refractivity contribution in [1.82, 2.24) is 18.9 Å². The molecule has 2 aromatic heterocycles. The van der Waals surface area contributed by atoms with E-state index in [1.165, 1.54) is 11.6 Å². The Hall–Kier alpha value is -5.18. The van der Waals surface area contributed by atoms with Crippen molar-refractivity contribution in [1.29, 1.82) is 0 Å². The quantitative estimate of drug-likeness (QED) is 0.348. The largest absolute Gasteiger partial charge is 0.497 e. The molecule has 0 saturated heterocycles. The lowest BCUT2D eigenvalue weighted by Gasteiger charge is -2.34. The monoisotopic (exact) mass is 518 g/mol. The number of anilines is 1. The van der Waals surface area contributed by atoms with Crippen LogP contribution in [-0.2, 0) is 14.1 Å². The van der Waals surface area contributed by atoms with Crippen LogP contribution in [0.5, 0.6) is 5.75 Å². The Kier molecular flexibility index (Phi) is 5.95. The molecule has 1 aliphatic heterocycles. The fourth-order valence-electron chi connectivity index (χ4n) is 4.97. The van der Waals surface area contributed by atoms with Crippen LogP contribution in [0.2, 0.25) is 0 Å². The summed E-state index contributed by atoms with van der Waals surface area (Å²) < 4.78 is 9.72. The highest BCUT2D eigenvalue weighted by Crippen LogP contribution is 2.41. The van der Waals surface area contributed by atoms with E-state index in [4.69, 9.17) is 9.84 Å². The van der Waals surface area contributed by atoms with Crippen molar-refractivity contribution in [3.63, 3.8) is 0 Å². The number of para-hydroxylation sites is 1. The number of rotatable bonds is 5. The summed E-state index contributed by atoms with van der Waals surface area (Å²) >= 11 is 0. The molecule has 6 rings (SSSR count). The first-order chi connectivity index (χ1) is 19.0. The molecule has 0 saturated carbocycles. The molecule has 9 heteroatoms. The van der Waals surface area contributed by atoms with Crippen LogP contribution in [-0.4, -0.2) is 32.4 Å². The number of hydrogen-bond donors (Lipinski definition) is 0. The Bertz CT molecular complexity index is 1800. The molecular formula is C30H26N6O3. The first-order valence-corrected chi connectivity index (χ1v) is 12.4. The van der Waals surface area contributed by atoms with Gasteiger partial charge in [-0.15, -0.1) is 0 Å². The minimum Gasteiger partial charge on any atom is -0.497 e. The van der Waals surface area contributed by atoms with Gasteiger partial charge in [0.05, 0.1) is 36.4 Å². The molecule has 0 fully saturated rings. The van der Waals surface area contributed by atoms with E-state index in [-0.39, 0.29) is 0 Å². The van der Waals surface area contributed by atoms with Crippen LogP contribution in [0.15, 0.2) is 106 Å². The van der Waals surface area contributed by atoms with E-state index in [1.807, 2.05) is 101 Å². The second-order valence-electron chi connectivity index (χ2n) is 9.27. The van der Waals surface area contributed by atoms with Crippen molar-refractivity contribution < 1.29 is 4.74 Å². The summed E-state index contributed by atoms with van der Waals surface area (Å²) in [7, 11) is 4.73. The number of benzene rings is 3. The number of hydrogen-bond acceptors (Lipinski definition) is 6. The number of methoxy groups -OCH3 is 1. The van der Waals surface area contributed by atoms with Gasteiger partial charge in [-0.3, -0.25) is 13.9 Å². The normalized spacial score (nSPS) is 14.3. The van der Waals surface area contributed by atoms with E-state index in [0.717, 1.165) is 32.8 Å². The molecule has 1 atom stereocenters. The molecule has 0 N–H and O–H groups in total. The molecule has 5 aromatic rings. The van der Waals surface area contributed by atoms with Gasteiger partial charge in [0, 0.05) is 37.1 Å². The molecule has 1 unspecified atom stereocenters. The van der Waals surface area contributed by atoms with Crippen LogP contribution in [0, 0.1) is 0 Å². The summed E-state index contributed by atoms with van der Waals surface area (Å²) in [5.74, 6) is 1.04. The van der Waals surface area contributed by atoms with Gasteiger partial charge < -0.3 is 9.64 Å². The maximum Gasteiger partial charge on any atom is 0.332 e. The van der Waals surface area contributed by atoms with Gasteiger partial charge in [0.15, 0.2) is 0 Å². The third-order valence-corrected chi connectivity index (χ3v) is 7.00. The Balaban J connectivity index is 1.66.